The third-order valence-corrected chi connectivity index (χ3v) is 3.98. The lowest BCUT2D eigenvalue weighted by molar-refractivity contribution is 0.0686. The Morgan fingerprint density at radius 3 is 3.00 bits per heavy atom. The zero-order valence-corrected chi connectivity index (χ0v) is 12.1. The molecule has 0 saturated carbocycles. The molecule has 3 nitrogen and oxygen atoms in total. The Morgan fingerprint density at radius 1 is 1.37 bits per heavy atom. The van der Waals surface area contributed by atoms with Crippen molar-refractivity contribution in [1.82, 2.24) is 9.88 Å². The van der Waals surface area contributed by atoms with Gasteiger partial charge in [-0.2, -0.15) is 0 Å². The van der Waals surface area contributed by atoms with Gasteiger partial charge >= 0.3 is 0 Å². The summed E-state index contributed by atoms with van der Waals surface area (Å²) in [6.45, 7) is 7.08. The van der Waals surface area contributed by atoms with Crippen molar-refractivity contribution in [3.63, 3.8) is 0 Å². The lowest BCUT2D eigenvalue weighted by Gasteiger charge is -2.29. The zero-order valence-electron chi connectivity index (χ0n) is 11.3. The first kappa shape index (κ1) is 12.6. The molecule has 1 aromatic carbocycles. The Balaban J connectivity index is 1.86. The number of benzene rings is 1. The lowest BCUT2D eigenvalue weighted by Crippen LogP contribution is -2.40. The Labute approximate surface area is 117 Å². The van der Waals surface area contributed by atoms with Crippen molar-refractivity contribution >= 4 is 11.3 Å². The summed E-state index contributed by atoms with van der Waals surface area (Å²) < 4.78 is 6.14. The van der Waals surface area contributed by atoms with Gasteiger partial charge in [0.25, 0.3) is 0 Å². The van der Waals surface area contributed by atoms with E-state index < -0.39 is 0 Å². The van der Waals surface area contributed by atoms with Crippen LogP contribution in [0.2, 0.25) is 0 Å². The van der Waals surface area contributed by atoms with E-state index in [2.05, 4.69) is 41.9 Å². The lowest BCUT2D eigenvalue weighted by atomic mass is 10.1. The molecule has 0 atom stereocenters. The standard InChI is InChI=1S/C15H18N2OS/c1-15(2)10-17(9-13-7-16-11-19-13)8-12-5-3-4-6-14(12)18-15/h3-7,11H,8-10H2,1-2H3. The van der Waals surface area contributed by atoms with E-state index in [1.54, 1.807) is 11.3 Å². The number of thiazole rings is 1. The third kappa shape index (κ3) is 2.96. The second-order valence-corrected chi connectivity index (χ2v) is 6.55. The van der Waals surface area contributed by atoms with Crippen LogP contribution in [0.15, 0.2) is 36.0 Å². The Morgan fingerprint density at radius 2 is 2.21 bits per heavy atom. The predicted octanol–water partition coefficient (Wildman–Crippen LogP) is 3.32. The molecule has 0 fully saturated rings. The van der Waals surface area contributed by atoms with Crippen molar-refractivity contribution in [2.45, 2.75) is 32.5 Å². The van der Waals surface area contributed by atoms with Crippen LogP contribution >= 0.6 is 11.3 Å². The molecule has 0 spiro atoms. The highest BCUT2D eigenvalue weighted by atomic mass is 32.1. The summed E-state index contributed by atoms with van der Waals surface area (Å²) in [4.78, 5) is 7.88. The van der Waals surface area contributed by atoms with E-state index in [9.17, 15) is 0 Å². The van der Waals surface area contributed by atoms with Gasteiger partial charge in [-0.05, 0) is 19.9 Å². The van der Waals surface area contributed by atoms with Crippen LogP contribution in [0.25, 0.3) is 0 Å². The fraction of sp³-hybridized carbons (Fsp3) is 0.400. The first-order valence-electron chi connectivity index (χ1n) is 6.49. The van der Waals surface area contributed by atoms with Gasteiger partial charge in [0.1, 0.15) is 11.4 Å². The number of nitrogens with zero attached hydrogens (tertiary/aromatic N) is 2. The largest absolute Gasteiger partial charge is 0.486 e. The number of fused-ring (bicyclic) bond motifs is 1. The van der Waals surface area contributed by atoms with E-state index in [0.717, 1.165) is 25.4 Å². The molecule has 2 aromatic rings. The minimum Gasteiger partial charge on any atom is -0.486 e. The normalized spacial score (nSPS) is 18.4. The van der Waals surface area contributed by atoms with Gasteiger partial charge in [-0.3, -0.25) is 9.88 Å². The van der Waals surface area contributed by atoms with Crippen molar-refractivity contribution in [3.05, 3.63) is 46.4 Å². The molecular formula is C15H18N2OS. The highest BCUT2D eigenvalue weighted by Crippen LogP contribution is 2.30. The van der Waals surface area contributed by atoms with Crippen LogP contribution in [0.1, 0.15) is 24.3 Å². The van der Waals surface area contributed by atoms with Crippen molar-refractivity contribution in [2.75, 3.05) is 6.54 Å². The van der Waals surface area contributed by atoms with Gasteiger partial charge in [0.2, 0.25) is 0 Å². The Hall–Kier alpha value is -1.39. The number of para-hydroxylation sites is 1. The van der Waals surface area contributed by atoms with Gasteiger partial charge < -0.3 is 4.74 Å². The number of rotatable bonds is 2. The van der Waals surface area contributed by atoms with E-state index in [1.807, 2.05) is 17.8 Å². The van der Waals surface area contributed by atoms with Crippen LogP contribution in [-0.2, 0) is 13.1 Å². The van der Waals surface area contributed by atoms with E-state index in [0.29, 0.717) is 0 Å². The molecule has 1 aromatic heterocycles. The van der Waals surface area contributed by atoms with Crippen molar-refractivity contribution in [1.29, 1.82) is 0 Å². The molecule has 0 saturated heterocycles. The number of hydrogen-bond acceptors (Lipinski definition) is 4. The molecule has 4 heteroatoms. The van der Waals surface area contributed by atoms with Gasteiger partial charge in [-0.15, -0.1) is 11.3 Å². The first-order valence-corrected chi connectivity index (χ1v) is 7.37. The highest BCUT2D eigenvalue weighted by Gasteiger charge is 2.28. The van der Waals surface area contributed by atoms with E-state index in [1.165, 1.54) is 10.4 Å². The molecular weight excluding hydrogens is 256 g/mol. The van der Waals surface area contributed by atoms with Crippen LogP contribution in [0.5, 0.6) is 5.75 Å². The summed E-state index contributed by atoms with van der Waals surface area (Å²) in [7, 11) is 0. The second kappa shape index (κ2) is 4.94. The summed E-state index contributed by atoms with van der Waals surface area (Å²) in [6.07, 6.45) is 1.95. The van der Waals surface area contributed by atoms with Crippen molar-refractivity contribution in [3.8, 4) is 5.75 Å². The first-order chi connectivity index (χ1) is 9.12. The highest BCUT2D eigenvalue weighted by molar-refractivity contribution is 7.09. The smallest absolute Gasteiger partial charge is 0.124 e. The maximum atomic E-state index is 6.14. The van der Waals surface area contributed by atoms with Crippen LogP contribution in [-0.4, -0.2) is 22.0 Å². The fourth-order valence-electron chi connectivity index (χ4n) is 2.55. The van der Waals surface area contributed by atoms with Gasteiger partial charge in [0, 0.05) is 36.3 Å². The SMILES string of the molecule is CC1(C)CN(Cc2cncs2)Cc2ccccc2O1. The quantitative estimate of drug-likeness (QED) is 0.840. The van der Waals surface area contributed by atoms with Crippen LogP contribution in [0.4, 0.5) is 0 Å². The topological polar surface area (TPSA) is 25.4 Å². The summed E-state index contributed by atoms with van der Waals surface area (Å²) in [5.41, 5.74) is 2.98. The molecule has 0 amide bonds. The molecule has 0 radical (unpaired) electrons. The minimum absolute atomic E-state index is 0.169. The van der Waals surface area contributed by atoms with Gasteiger partial charge in [-0.25, -0.2) is 0 Å². The third-order valence-electron chi connectivity index (χ3n) is 3.22. The van der Waals surface area contributed by atoms with Crippen LogP contribution < -0.4 is 4.74 Å². The molecule has 19 heavy (non-hydrogen) atoms. The predicted molar refractivity (Wildman–Crippen MR) is 77.4 cm³/mol. The van der Waals surface area contributed by atoms with Crippen molar-refractivity contribution in [2.24, 2.45) is 0 Å². The molecule has 0 bridgehead atoms. The summed E-state index contributed by atoms with van der Waals surface area (Å²) in [6, 6.07) is 8.32. The monoisotopic (exact) mass is 274 g/mol. The molecule has 3 rings (SSSR count). The van der Waals surface area contributed by atoms with Crippen LogP contribution in [0.3, 0.4) is 0 Å². The molecule has 0 N–H and O–H groups in total. The molecule has 0 unspecified atom stereocenters. The molecule has 2 heterocycles. The molecule has 1 aliphatic rings. The molecule has 0 aliphatic carbocycles. The van der Waals surface area contributed by atoms with Gasteiger partial charge in [0.15, 0.2) is 0 Å². The molecule has 100 valence electrons. The Kier molecular flexibility index (Phi) is 3.29. The fourth-order valence-corrected chi connectivity index (χ4v) is 3.19. The Bertz CT molecular complexity index is 551. The van der Waals surface area contributed by atoms with Gasteiger partial charge in [0.05, 0.1) is 5.51 Å². The minimum atomic E-state index is -0.169. The van der Waals surface area contributed by atoms with E-state index in [-0.39, 0.29) is 5.60 Å². The number of hydrogen-bond donors (Lipinski definition) is 0. The maximum Gasteiger partial charge on any atom is 0.124 e. The summed E-state index contributed by atoms with van der Waals surface area (Å²) in [5, 5.41) is 0. The second-order valence-electron chi connectivity index (χ2n) is 5.58. The summed E-state index contributed by atoms with van der Waals surface area (Å²) in [5.74, 6) is 1.01. The number of ether oxygens (including phenoxy) is 1. The summed E-state index contributed by atoms with van der Waals surface area (Å²) >= 11 is 1.71. The zero-order chi connectivity index (χ0) is 13.3. The average molecular weight is 274 g/mol. The van der Waals surface area contributed by atoms with E-state index in [4.69, 9.17) is 4.74 Å². The van der Waals surface area contributed by atoms with E-state index >= 15 is 0 Å². The van der Waals surface area contributed by atoms with Crippen LogP contribution in [0, 0.1) is 0 Å². The van der Waals surface area contributed by atoms with Crippen molar-refractivity contribution < 1.29 is 4.74 Å². The maximum absolute atomic E-state index is 6.14. The average Bonchev–Trinajstić information content (AvgIpc) is 2.78. The molecule has 1 aliphatic heterocycles. The van der Waals surface area contributed by atoms with Gasteiger partial charge in [-0.1, -0.05) is 18.2 Å². The number of aromatic nitrogens is 1.